The first kappa shape index (κ1) is 11.2. The van der Waals surface area contributed by atoms with Gasteiger partial charge in [-0.05, 0) is 43.2 Å². The maximum atomic E-state index is 6.34. The molecule has 2 aromatic carbocycles. The van der Waals surface area contributed by atoms with Crippen molar-refractivity contribution in [2.75, 3.05) is 0 Å². The van der Waals surface area contributed by atoms with Gasteiger partial charge in [0.15, 0.2) is 0 Å². The zero-order chi connectivity index (χ0) is 12.7. The molecule has 0 aliphatic carbocycles. The molecule has 18 heavy (non-hydrogen) atoms. The number of hydrogen-bond acceptors (Lipinski definition) is 2. The highest BCUT2D eigenvalue weighted by molar-refractivity contribution is 6.32. The van der Waals surface area contributed by atoms with E-state index in [4.69, 9.17) is 11.6 Å². The molecule has 0 radical (unpaired) electrons. The smallest absolute Gasteiger partial charge is 0.113 e. The maximum Gasteiger partial charge on any atom is 0.113 e. The van der Waals surface area contributed by atoms with Gasteiger partial charge in [-0.3, -0.25) is 0 Å². The maximum absolute atomic E-state index is 6.34. The van der Waals surface area contributed by atoms with Crippen LogP contribution in [0.5, 0.6) is 0 Å². The van der Waals surface area contributed by atoms with E-state index in [1.54, 1.807) is 4.68 Å². The first-order valence-corrected chi connectivity index (χ1v) is 6.12. The van der Waals surface area contributed by atoms with E-state index in [0.29, 0.717) is 5.02 Å². The highest BCUT2D eigenvalue weighted by atomic mass is 35.5. The van der Waals surface area contributed by atoms with Crippen LogP contribution in [-0.2, 0) is 0 Å². The monoisotopic (exact) mass is 257 g/mol. The molecule has 90 valence electrons. The van der Waals surface area contributed by atoms with E-state index in [0.717, 1.165) is 27.8 Å². The van der Waals surface area contributed by atoms with Gasteiger partial charge >= 0.3 is 0 Å². The molecule has 0 aliphatic heterocycles. The largest absolute Gasteiger partial charge is 0.211 e. The quantitative estimate of drug-likeness (QED) is 0.666. The lowest BCUT2D eigenvalue weighted by atomic mass is 10.1. The molecule has 0 spiro atoms. The highest BCUT2D eigenvalue weighted by Gasteiger charge is 2.12. The number of halogens is 1. The van der Waals surface area contributed by atoms with Crippen molar-refractivity contribution < 1.29 is 0 Å². The van der Waals surface area contributed by atoms with Crippen molar-refractivity contribution in [2.45, 2.75) is 13.8 Å². The van der Waals surface area contributed by atoms with Gasteiger partial charge in [0.05, 0.1) is 16.2 Å². The van der Waals surface area contributed by atoms with Gasteiger partial charge < -0.3 is 0 Å². The molecular formula is C14H12ClN3. The van der Waals surface area contributed by atoms with Crippen LogP contribution in [0.15, 0.2) is 36.4 Å². The van der Waals surface area contributed by atoms with Gasteiger partial charge in [0.1, 0.15) is 5.52 Å². The number of nitrogens with zero attached hydrogens (tertiary/aromatic N) is 3. The predicted molar refractivity (Wildman–Crippen MR) is 73.3 cm³/mol. The summed E-state index contributed by atoms with van der Waals surface area (Å²) in [6.45, 7) is 4.06. The van der Waals surface area contributed by atoms with Crippen LogP contribution >= 0.6 is 11.6 Å². The SMILES string of the molecule is Cc1cc(C)c(-n2nnc3ccccc32)c(Cl)c1. The van der Waals surface area contributed by atoms with Gasteiger partial charge in [-0.2, -0.15) is 0 Å². The topological polar surface area (TPSA) is 30.7 Å². The minimum atomic E-state index is 0.697. The lowest BCUT2D eigenvalue weighted by Gasteiger charge is -2.09. The Morgan fingerprint density at radius 2 is 1.89 bits per heavy atom. The Kier molecular flexibility index (Phi) is 2.56. The number of benzene rings is 2. The number of aryl methyl sites for hydroxylation is 2. The molecule has 0 unspecified atom stereocenters. The van der Waals surface area contributed by atoms with Crippen molar-refractivity contribution in [2.24, 2.45) is 0 Å². The highest BCUT2D eigenvalue weighted by Crippen LogP contribution is 2.27. The zero-order valence-electron chi connectivity index (χ0n) is 10.2. The molecule has 3 rings (SSSR count). The third-order valence-electron chi connectivity index (χ3n) is 2.96. The number of rotatable bonds is 1. The zero-order valence-corrected chi connectivity index (χ0v) is 10.9. The van der Waals surface area contributed by atoms with Crippen LogP contribution < -0.4 is 0 Å². The summed E-state index contributed by atoms with van der Waals surface area (Å²) >= 11 is 6.34. The van der Waals surface area contributed by atoms with Crippen molar-refractivity contribution in [3.8, 4) is 5.69 Å². The first-order valence-electron chi connectivity index (χ1n) is 5.74. The van der Waals surface area contributed by atoms with E-state index in [-0.39, 0.29) is 0 Å². The third kappa shape index (κ3) is 1.68. The van der Waals surface area contributed by atoms with Gasteiger partial charge in [-0.25, -0.2) is 4.68 Å². The van der Waals surface area contributed by atoms with Gasteiger partial charge in [0.2, 0.25) is 0 Å². The van der Waals surface area contributed by atoms with E-state index < -0.39 is 0 Å². The van der Waals surface area contributed by atoms with Crippen LogP contribution in [0.4, 0.5) is 0 Å². The first-order chi connectivity index (χ1) is 8.66. The summed E-state index contributed by atoms with van der Waals surface area (Å²) in [4.78, 5) is 0. The van der Waals surface area contributed by atoms with Crippen molar-refractivity contribution in [1.29, 1.82) is 0 Å². The van der Waals surface area contributed by atoms with Gasteiger partial charge in [0.25, 0.3) is 0 Å². The van der Waals surface area contributed by atoms with Crippen molar-refractivity contribution in [3.63, 3.8) is 0 Å². The molecule has 3 aromatic rings. The summed E-state index contributed by atoms with van der Waals surface area (Å²) in [7, 11) is 0. The average Bonchev–Trinajstić information content (AvgIpc) is 2.72. The van der Waals surface area contributed by atoms with Crippen molar-refractivity contribution >= 4 is 22.6 Å². The number of aromatic nitrogens is 3. The fraction of sp³-hybridized carbons (Fsp3) is 0.143. The van der Waals surface area contributed by atoms with Crippen LogP contribution in [-0.4, -0.2) is 15.0 Å². The third-order valence-corrected chi connectivity index (χ3v) is 3.25. The fourth-order valence-electron chi connectivity index (χ4n) is 2.21. The van der Waals surface area contributed by atoms with Crippen LogP contribution in [0.25, 0.3) is 16.7 Å². The molecular weight excluding hydrogens is 246 g/mol. The van der Waals surface area contributed by atoms with E-state index in [9.17, 15) is 0 Å². The second-order valence-electron chi connectivity index (χ2n) is 4.40. The van der Waals surface area contributed by atoms with E-state index in [1.165, 1.54) is 0 Å². The lowest BCUT2D eigenvalue weighted by molar-refractivity contribution is 0.819. The Hall–Kier alpha value is -1.87. The second kappa shape index (κ2) is 4.10. The van der Waals surface area contributed by atoms with E-state index >= 15 is 0 Å². The Bertz CT molecular complexity index is 708. The Balaban J connectivity index is 2.33. The van der Waals surface area contributed by atoms with Crippen LogP contribution in [0.1, 0.15) is 11.1 Å². The summed E-state index contributed by atoms with van der Waals surface area (Å²) in [6.07, 6.45) is 0. The number of fused-ring (bicyclic) bond motifs is 1. The molecule has 3 nitrogen and oxygen atoms in total. The number of hydrogen-bond donors (Lipinski definition) is 0. The molecule has 4 heteroatoms. The summed E-state index contributed by atoms with van der Waals surface area (Å²) in [6, 6.07) is 11.9. The van der Waals surface area contributed by atoms with E-state index in [2.05, 4.69) is 16.4 Å². The Morgan fingerprint density at radius 1 is 1.11 bits per heavy atom. The molecule has 0 saturated carbocycles. The van der Waals surface area contributed by atoms with Crippen LogP contribution in [0.2, 0.25) is 5.02 Å². The molecule has 0 fully saturated rings. The molecule has 1 heterocycles. The summed E-state index contributed by atoms with van der Waals surface area (Å²) in [5, 5.41) is 9.05. The standard InChI is InChI=1S/C14H12ClN3/c1-9-7-10(2)14(11(15)8-9)18-13-6-4-3-5-12(13)16-17-18/h3-8H,1-2H3. The van der Waals surface area contributed by atoms with Crippen LogP contribution in [0, 0.1) is 13.8 Å². The van der Waals surface area contributed by atoms with Gasteiger partial charge in [-0.15, -0.1) is 5.10 Å². The van der Waals surface area contributed by atoms with Gasteiger partial charge in [0, 0.05) is 0 Å². The Morgan fingerprint density at radius 3 is 2.67 bits per heavy atom. The van der Waals surface area contributed by atoms with Crippen molar-refractivity contribution in [1.82, 2.24) is 15.0 Å². The normalized spacial score (nSPS) is 11.1. The van der Waals surface area contributed by atoms with Crippen molar-refractivity contribution in [3.05, 3.63) is 52.5 Å². The molecule has 0 amide bonds. The molecule has 0 N–H and O–H groups in total. The Labute approximate surface area is 110 Å². The minimum Gasteiger partial charge on any atom is -0.211 e. The summed E-state index contributed by atoms with van der Waals surface area (Å²) in [5.41, 5.74) is 4.97. The average molecular weight is 258 g/mol. The summed E-state index contributed by atoms with van der Waals surface area (Å²) in [5.74, 6) is 0. The lowest BCUT2D eigenvalue weighted by Crippen LogP contribution is -2.01. The number of para-hydroxylation sites is 1. The van der Waals surface area contributed by atoms with E-state index in [1.807, 2.05) is 44.2 Å². The second-order valence-corrected chi connectivity index (χ2v) is 4.81. The molecule has 0 bridgehead atoms. The predicted octanol–water partition coefficient (Wildman–Crippen LogP) is 3.69. The molecule has 0 saturated heterocycles. The molecule has 0 atom stereocenters. The van der Waals surface area contributed by atoms with Crippen LogP contribution in [0.3, 0.4) is 0 Å². The molecule has 0 aliphatic rings. The summed E-state index contributed by atoms with van der Waals surface area (Å²) < 4.78 is 1.80. The fourth-order valence-corrected chi connectivity index (χ4v) is 2.61. The minimum absolute atomic E-state index is 0.697. The van der Waals surface area contributed by atoms with Gasteiger partial charge in [-0.1, -0.05) is 35.0 Å². The molecule has 1 aromatic heterocycles.